The van der Waals surface area contributed by atoms with Gasteiger partial charge in [-0.05, 0) is 25.7 Å². The Kier molecular flexibility index (Phi) is 9.44. The summed E-state index contributed by atoms with van der Waals surface area (Å²) in [5.41, 5.74) is 0. The average Bonchev–Trinajstić information content (AvgIpc) is 2.23. The molecule has 0 spiro atoms. The first-order chi connectivity index (χ1) is 8.39. The quantitative estimate of drug-likeness (QED) is 0.511. The van der Waals surface area contributed by atoms with E-state index in [4.69, 9.17) is 0 Å². The third-order valence-corrected chi connectivity index (χ3v) is 3.55. The molecule has 17 heavy (non-hydrogen) atoms. The summed E-state index contributed by atoms with van der Waals surface area (Å²) in [6, 6.07) is 0. The topological polar surface area (TPSA) is 0 Å². The van der Waals surface area contributed by atoms with Crippen LogP contribution in [0.5, 0.6) is 0 Å². The molecule has 2 rings (SSSR count). The van der Waals surface area contributed by atoms with Crippen molar-refractivity contribution in [2.75, 3.05) is 0 Å². The van der Waals surface area contributed by atoms with Gasteiger partial charge in [0, 0.05) is 0 Å². The molecular formula is C16H25Co. The average molecular weight is 276 g/mol. The molecule has 1 unspecified atom stereocenters. The SMILES string of the molecule is C1=C\CC/C=C\CC/1.[Co][CH]1C/C=C\CCCC1. The maximum atomic E-state index is 4.47. The van der Waals surface area contributed by atoms with E-state index in [1.54, 1.807) is 0 Å². The van der Waals surface area contributed by atoms with Crippen molar-refractivity contribution in [2.24, 2.45) is 0 Å². The van der Waals surface area contributed by atoms with E-state index in [1.807, 2.05) is 0 Å². The van der Waals surface area contributed by atoms with Crippen LogP contribution in [-0.2, 0) is 15.7 Å². The van der Waals surface area contributed by atoms with Gasteiger partial charge in [0.25, 0.3) is 0 Å². The summed E-state index contributed by atoms with van der Waals surface area (Å²) in [5, 5.41) is 0. The van der Waals surface area contributed by atoms with Gasteiger partial charge >= 0.3 is 64.8 Å². The standard InChI is InChI=1S/C8H13.C8H12.Co/c2*1-2-4-6-8-7-5-3-1;/h1-2,5H,3-4,6-8H2;1-2,7-8H,3-6H2;/b2-1-;2-1-,8-7-;. The molecule has 0 aliphatic heterocycles. The van der Waals surface area contributed by atoms with Gasteiger partial charge in [-0.1, -0.05) is 24.3 Å². The first kappa shape index (κ1) is 14.8. The van der Waals surface area contributed by atoms with Gasteiger partial charge in [0.2, 0.25) is 0 Å². The Morgan fingerprint density at radius 3 is 1.76 bits per heavy atom. The first-order valence-corrected chi connectivity index (χ1v) is 7.56. The van der Waals surface area contributed by atoms with Gasteiger partial charge in [-0.3, -0.25) is 0 Å². The first-order valence-electron chi connectivity index (χ1n) is 6.96. The van der Waals surface area contributed by atoms with E-state index in [2.05, 4.69) is 52.2 Å². The molecule has 0 saturated carbocycles. The Morgan fingerprint density at radius 1 is 0.647 bits per heavy atom. The second-order valence-electron chi connectivity index (χ2n) is 4.65. The van der Waals surface area contributed by atoms with Crippen LogP contribution in [0.4, 0.5) is 0 Å². The van der Waals surface area contributed by atoms with Crippen LogP contribution in [0, 0.1) is 0 Å². The molecule has 0 fully saturated rings. The second-order valence-corrected chi connectivity index (χ2v) is 5.50. The predicted octanol–water partition coefficient (Wildman–Crippen LogP) is 5.51. The molecule has 0 amide bonds. The van der Waals surface area contributed by atoms with Crippen LogP contribution in [0.25, 0.3) is 0 Å². The van der Waals surface area contributed by atoms with E-state index in [0.29, 0.717) is 4.85 Å². The third-order valence-electron chi connectivity index (χ3n) is 3.01. The van der Waals surface area contributed by atoms with Crippen molar-refractivity contribution < 1.29 is 15.7 Å². The minimum absolute atomic E-state index is 0.619. The van der Waals surface area contributed by atoms with Gasteiger partial charge in [0.15, 0.2) is 0 Å². The summed E-state index contributed by atoms with van der Waals surface area (Å²) < 4.78 is 0. The van der Waals surface area contributed by atoms with Gasteiger partial charge in [-0.15, -0.1) is 0 Å². The molecule has 98 valence electrons. The van der Waals surface area contributed by atoms with Gasteiger partial charge in [-0.2, -0.15) is 0 Å². The summed E-state index contributed by atoms with van der Waals surface area (Å²) in [7, 11) is 0. The Morgan fingerprint density at radius 2 is 1.18 bits per heavy atom. The van der Waals surface area contributed by atoms with Crippen LogP contribution in [0.15, 0.2) is 36.5 Å². The summed E-state index contributed by atoms with van der Waals surface area (Å²) >= 11 is 4.47. The summed E-state index contributed by atoms with van der Waals surface area (Å²) in [6.45, 7) is 0. The fourth-order valence-corrected chi connectivity index (χ4v) is 2.30. The Hall–Kier alpha value is -0.274. The van der Waals surface area contributed by atoms with Crippen LogP contribution in [0.3, 0.4) is 0 Å². The van der Waals surface area contributed by atoms with Crippen molar-refractivity contribution in [1.82, 2.24) is 0 Å². The van der Waals surface area contributed by atoms with E-state index in [9.17, 15) is 0 Å². The van der Waals surface area contributed by atoms with E-state index in [1.165, 1.54) is 57.8 Å². The maximum absolute atomic E-state index is 4.47. The second kappa shape index (κ2) is 10.9. The molecule has 0 nitrogen and oxygen atoms in total. The monoisotopic (exact) mass is 276 g/mol. The normalized spacial score (nSPS) is 30.6. The van der Waals surface area contributed by atoms with Gasteiger partial charge in [-0.25, -0.2) is 0 Å². The molecule has 2 aliphatic carbocycles. The molecule has 0 heterocycles. The van der Waals surface area contributed by atoms with Gasteiger partial charge in [0.05, 0.1) is 0 Å². The van der Waals surface area contributed by atoms with Crippen molar-refractivity contribution >= 4 is 0 Å². The summed E-state index contributed by atoms with van der Waals surface area (Å²) in [6.07, 6.45) is 25.0. The van der Waals surface area contributed by atoms with Crippen LogP contribution in [-0.4, -0.2) is 0 Å². The Bertz CT molecular complexity index is 224. The van der Waals surface area contributed by atoms with E-state index in [0.717, 1.165) is 0 Å². The van der Waals surface area contributed by atoms with Crippen LogP contribution in [0.1, 0.15) is 57.8 Å². The zero-order chi connectivity index (χ0) is 12.2. The molecule has 0 aromatic carbocycles. The predicted molar refractivity (Wildman–Crippen MR) is 72.7 cm³/mol. The molecule has 0 aromatic rings. The molecule has 0 aromatic heterocycles. The molecule has 1 heteroatoms. The Labute approximate surface area is 115 Å². The van der Waals surface area contributed by atoms with E-state index < -0.39 is 0 Å². The fourth-order valence-electron chi connectivity index (χ4n) is 1.95. The van der Waals surface area contributed by atoms with Crippen LogP contribution >= 0.6 is 0 Å². The summed E-state index contributed by atoms with van der Waals surface area (Å²) in [5.74, 6) is 0. The van der Waals surface area contributed by atoms with Crippen molar-refractivity contribution in [1.29, 1.82) is 0 Å². The number of rotatable bonds is 0. The molecule has 0 bridgehead atoms. The third kappa shape index (κ3) is 9.43. The molecule has 1 atom stereocenters. The van der Waals surface area contributed by atoms with Crippen molar-refractivity contribution in [3.05, 3.63) is 36.5 Å². The van der Waals surface area contributed by atoms with E-state index in [-0.39, 0.29) is 0 Å². The van der Waals surface area contributed by atoms with Crippen LogP contribution < -0.4 is 0 Å². The van der Waals surface area contributed by atoms with E-state index >= 15 is 0 Å². The van der Waals surface area contributed by atoms with Crippen LogP contribution in [0.2, 0.25) is 4.85 Å². The number of hydrogen-bond acceptors (Lipinski definition) is 0. The summed E-state index contributed by atoms with van der Waals surface area (Å²) in [4.78, 5) is 0.619. The van der Waals surface area contributed by atoms with Crippen molar-refractivity contribution in [3.63, 3.8) is 0 Å². The van der Waals surface area contributed by atoms with Gasteiger partial charge < -0.3 is 0 Å². The molecule has 0 saturated heterocycles. The molecule has 2 aliphatic rings. The molecular weight excluding hydrogens is 251 g/mol. The minimum atomic E-state index is 0.619. The zero-order valence-corrected chi connectivity index (χ0v) is 11.8. The number of hydrogen-bond donors (Lipinski definition) is 0. The Balaban J connectivity index is 0.000000171. The zero-order valence-electron chi connectivity index (χ0n) is 10.7. The van der Waals surface area contributed by atoms with Crippen molar-refractivity contribution in [2.45, 2.75) is 62.6 Å². The molecule has 0 N–H and O–H groups in total. The fraction of sp³-hybridized carbons (Fsp3) is 0.625. The number of allylic oxidation sites excluding steroid dienone is 6. The van der Waals surface area contributed by atoms with Crippen molar-refractivity contribution in [3.8, 4) is 0 Å². The molecule has 0 radical (unpaired) electrons. The van der Waals surface area contributed by atoms with Gasteiger partial charge in [0.1, 0.15) is 0 Å².